The highest BCUT2D eigenvalue weighted by Crippen LogP contribution is 2.30. The molecule has 1 aliphatic carbocycles. The van der Waals surface area contributed by atoms with E-state index in [4.69, 9.17) is 4.42 Å². The first-order valence-electron chi connectivity index (χ1n) is 8.56. The lowest BCUT2D eigenvalue weighted by atomic mass is 10.2. The van der Waals surface area contributed by atoms with E-state index in [0.29, 0.717) is 11.4 Å². The number of benzene rings is 2. The van der Waals surface area contributed by atoms with Gasteiger partial charge in [-0.1, -0.05) is 18.2 Å². The lowest BCUT2D eigenvalue weighted by Crippen LogP contribution is -2.13. The molecule has 5 nitrogen and oxygen atoms in total. The van der Waals surface area contributed by atoms with Crippen LogP contribution in [0.5, 0.6) is 0 Å². The number of para-hydroxylation sites is 1. The summed E-state index contributed by atoms with van der Waals surface area (Å²) in [6.45, 7) is 0. The molecule has 5 heteroatoms. The van der Waals surface area contributed by atoms with Crippen LogP contribution in [0.4, 0.5) is 11.4 Å². The first kappa shape index (κ1) is 16.1. The Morgan fingerprint density at radius 2 is 1.65 bits per heavy atom. The molecule has 1 aromatic heterocycles. The Balaban J connectivity index is 1.35. The molecule has 0 unspecified atom stereocenters. The summed E-state index contributed by atoms with van der Waals surface area (Å²) in [5.41, 5.74) is 2.18. The summed E-state index contributed by atoms with van der Waals surface area (Å²) in [4.78, 5) is 23.8. The Morgan fingerprint density at radius 3 is 2.35 bits per heavy atom. The van der Waals surface area contributed by atoms with Gasteiger partial charge in [0.1, 0.15) is 11.3 Å². The van der Waals surface area contributed by atoms with Gasteiger partial charge in [0, 0.05) is 28.8 Å². The van der Waals surface area contributed by atoms with Crippen LogP contribution in [-0.2, 0) is 9.59 Å². The van der Waals surface area contributed by atoms with E-state index in [9.17, 15) is 9.59 Å². The number of hydrogen-bond donors (Lipinski definition) is 2. The molecule has 1 heterocycles. The third kappa shape index (κ3) is 3.83. The predicted molar refractivity (Wildman–Crippen MR) is 102 cm³/mol. The molecule has 4 rings (SSSR count). The fraction of sp³-hybridized carbons (Fsp3) is 0.143. The van der Waals surface area contributed by atoms with Crippen LogP contribution in [0.25, 0.3) is 17.0 Å². The Bertz CT molecular complexity index is 949. The molecule has 2 aromatic carbocycles. The minimum atomic E-state index is -0.250. The largest absolute Gasteiger partial charge is 0.457 e. The second kappa shape index (κ2) is 6.88. The number of rotatable bonds is 5. The number of carbonyl (C=O) groups is 2. The minimum Gasteiger partial charge on any atom is -0.457 e. The van der Waals surface area contributed by atoms with Gasteiger partial charge in [0.05, 0.1) is 0 Å². The van der Waals surface area contributed by atoms with E-state index in [1.54, 1.807) is 30.3 Å². The van der Waals surface area contributed by atoms with Crippen molar-refractivity contribution in [1.82, 2.24) is 0 Å². The average molecular weight is 346 g/mol. The highest BCUT2D eigenvalue weighted by atomic mass is 16.3. The quantitative estimate of drug-likeness (QED) is 0.671. The monoisotopic (exact) mass is 346 g/mol. The standard InChI is InChI=1S/C21H18N2O3/c24-20(12-11-18-13-15-3-1-2-4-19(15)26-18)22-16-7-9-17(10-8-16)23-21(25)14-5-6-14/h1-4,7-14H,5-6H2,(H,22,24)(H,23,25)/b12-11+. The fourth-order valence-electron chi connectivity index (χ4n) is 2.65. The van der Waals surface area contributed by atoms with Crippen molar-refractivity contribution in [3.05, 3.63) is 66.4 Å². The van der Waals surface area contributed by atoms with E-state index in [0.717, 1.165) is 29.5 Å². The predicted octanol–water partition coefficient (Wildman–Crippen LogP) is 4.43. The van der Waals surface area contributed by atoms with Crippen molar-refractivity contribution in [1.29, 1.82) is 0 Å². The Morgan fingerprint density at radius 1 is 0.962 bits per heavy atom. The maximum Gasteiger partial charge on any atom is 0.248 e. The highest BCUT2D eigenvalue weighted by molar-refractivity contribution is 6.02. The molecular weight excluding hydrogens is 328 g/mol. The van der Waals surface area contributed by atoms with Gasteiger partial charge in [-0.2, -0.15) is 0 Å². The van der Waals surface area contributed by atoms with Crippen LogP contribution in [0.15, 0.2) is 65.1 Å². The number of carbonyl (C=O) groups excluding carboxylic acids is 2. The zero-order chi connectivity index (χ0) is 17.9. The van der Waals surface area contributed by atoms with E-state index in [1.165, 1.54) is 6.08 Å². The zero-order valence-electron chi connectivity index (χ0n) is 14.1. The van der Waals surface area contributed by atoms with E-state index >= 15 is 0 Å². The van der Waals surface area contributed by atoms with E-state index in [1.807, 2.05) is 30.3 Å². The summed E-state index contributed by atoms with van der Waals surface area (Å²) >= 11 is 0. The summed E-state index contributed by atoms with van der Waals surface area (Å²) in [5, 5.41) is 6.64. The number of hydrogen-bond acceptors (Lipinski definition) is 3. The van der Waals surface area contributed by atoms with Crippen molar-refractivity contribution in [3.8, 4) is 0 Å². The summed E-state index contributed by atoms with van der Waals surface area (Å²) in [6, 6.07) is 16.6. The number of anilines is 2. The minimum absolute atomic E-state index is 0.0653. The molecule has 1 fully saturated rings. The smallest absolute Gasteiger partial charge is 0.248 e. The first-order valence-corrected chi connectivity index (χ1v) is 8.56. The van der Waals surface area contributed by atoms with Crippen molar-refractivity contribution in [2.45, 2.75) is 12.8 Å². The van der Waals surface area contributed by atoms with Crippen molar-refractivity contribution < 1.29 is 14.0 Å². The molecule has 0 aliphatic heterocycles. The molecule has 3 aromatic rings. The third-order valence-corrected chi connectivity index (χ3v) is 4.21. The molecule has 2 amide bonds. The number of fused-ring (bicyclic) bond motifs is 1. The summed E-state index contributed by atoms with van der Waals surface area (Å²) in [5.74, 6) is 0.605. The first-order chi connectivity index (χ1) is 12.7. The molecule has 1 saturated carbocycles. The lowest BCUT2D eigenvalue weighted by molar-refractivity contribution is -0.117. The summed E-state index contributed by atoms with van der Waals surface area (Å²) in [6.07, 6.45) is 5.01. The molecular formula is C21H18N2O3. The van der Waals surface area contributed by atoms with Crippen LogP contribution in [0.3, 0.4) is 0 Å². The summed E-state index contributed by atoms with van der Waals surface area (Å²) in [7, 11) is 0. The van der Waals surface area contributed by atoms with Crippen molar-refractivity contribution in [3.63, 3.8) is 0 Å². The van der Waals surface area contributed by atoms with Gasteiger partial charge in [-0.25, -0.2) is 0 Å². The number of nitrogens with one attached hydrogen (secondary N) is 2. The van der Waals surface area contributed by atoms with Gasteiger partial charge in [-0.15, -0.1) is 0 Å². The Kier molecular flexibility index (Phi) is 4.27. The molecule has 0 saturated heterocycles. The lowest BCUT2D eigenvalue weighted by Gasteiger charge is -2.06. The molecule has 0 radical (unpaired) electrons. The van der Waals surface area contributed by atoms with E-state index < -0.39 is 0 Å². The molecule has 2 N–H and O–H groups in total. The van der Waals surface area contributed by atoms with Crippen LogP contribution < -0.4 is 10.6 Å². The second-order valence-corrected chi connectivity index (χ2v) is 6.35. The SMILES string of the molecule is O=C(/C=C/c1cc2ccccc2o1)Nc1ccc(NC(=O)C2CC2)cc1. The number of amides is 2. The molecule has 130 valence electrons. The highest BCUT2D eigenvalue weighted by Gasteiger charge is 2.29. The second-order valence-electron chi connectivity index (χ2n) is 6.35. The number of furan rings is 1. The molecule has 0 atom stereocenters. The Labute approximate surface area is 150 Å². The van der Waals surface area contributed by atoms with E-state index in [-0.39, 0.29) is 17.7 Å². The maximum atomic E-state index is 12.1. The Hall–Kier alpha value is -3.34. The normalized spacial score (nSPS) is 13.8. The molecule has 26 heavy (non-hydrogen) atoms. The maximum absolute atomic E-state index is 12.1. The van der Waals surface area contributed by atoms with Gasteiger partial charge in [0.25, 0.3) is 0 Å². The van der Waals surface area contributed by atoms with Gasteiger partial charge in [-0.3, -0.25) is 9.59 Å². The van der Waals surface area contributed by atoms with Crippen LogP contribution in [0, 0.1) is 5.92 Å². The molecule has 0 bridgehead atoms. The van der Waals surface area contributed by atoms with Gasteiger partial charge in [-0.05, 0) is 55.3 Å². The average Bonchev–Trinajstić information content (AvgIpc) is 3.41. The molecule has 0 spiro atoms. The van der Waals surface area contributed by atoms with Crippen molar-refractivity contribution in [2.75, 3.05) is 10.6 Å². The van der Waals surface area contributed by atoms with Gasteiger partial charge in [0.15, 0.2) is 0 Å². The fourth-order valence-corrected chi connectivity index (χ4v) is 2.65. The van der Waals surface area contributed by atoms with Crippen molar-refractivity contribution in [2.24, 2.45) is 5.92 Å². The zero-order valence-corrected chi connectivity index (χ0v) is 14.1. The van der Waals surface area contributed by atoms with Gasteiger partial charge in [0.2, 0.25) is 11.8 Å². The molecule has 1 aliphatic rings. The van der Waals surface area contributed by atoms with Crippen LogP contribution >= 0.6 is 0 Å². The van der Waals surface area contributed by atoms with Crippen LogP contribution in [0.2, 0.25) is 0 Å². The van der Waals surface area contributed by atoms with Gasteiger partial charge < -0.3 is 15.1 Å². The van der Waals surface area contributed by atoms with Crippen LogP contribution in [-0.4, -0.2) is 11.8 Å². The third-order valence-electron chi connectivity index (χ3n) is 4.21. The van der Waals surface area contributed by atoms with E-state index in [2.05, 4.69) is 10.6 Å². The topological polar surface area (TPSA) is 71.3 Å². The van der Waals surface area contributed by atoms with Crippen molar-refractivity contribution >= 4 is 40.2 Å². The summed E-state index contributed by atoms with van der Waals surface area (Å²) < 4.78 is 5.64. The van der Waals surface area contributed by atoms with Gasteiger partial charge >= 0.3 is 0 Å². The van der Waals surface area contributed by atoms with Crippen LogP contribution in [0.1, 0.15) is 18.6 Å².